The smallest absolute Gasteiger partial charge is 0.0207 e. The van der Waals surface area contributed by atoms with Crippen LogP contribution in [-0.2, 0) is 0 Å². The lowest BCUT2D eigenvalue weighted by Crippen LogP contribution is -1.96. The Morgan fingerprint density at radius 2 is 1.64 bits per heavy atom. The lowest BCUT2D eigenvalue weighted by atomic mass is 9.95. The molecule has 14 heavy (non-hydrogen) atoms. The van der Waals surface area contributed by atoms with E-state index < -0.39 is 0 Å². The van der Waals surface area contributed by atoms with Gasteiger partial charge in [-0.3, -0.25) is 0 Å². The molecule has 0 heterocycles. The van der Waals surface area contributed by atoms with Crippen LogP contribution in [-0.4, -0.2) is 0 Å². The van der Waals surface area contributed by atoms with E-state index >= 15 is 0 Å². The molecule has 0 saturated heterocycles. The molecule has 0 aromatic carbocycles. The minimum atomic E-state index is 0.574. The maximum atomic E-state index is 2.29. The van der Waals surface area contributed by atoms with Crippen LogP contribution in [0.5, 0.6) is 0 Å². The van der Waals surface area contributed by atoms with Gasteiger partial charge in [-0.1, -0.05) is 69.7 Å². The fraction of sp³-hybridized carbons (Fsp3) is 0.429. The van der Waals surface area contributed by atoms with Crippen LogP contribution in [0.3, 0.4) is 0 Å². The minimum Gasteiger partial charge on any atom is -0.0732 e. The number of allylic oxidation sites excluding steroid dienone is 8. The first-order valence-corrected chi connectivity index (χ1v) is 5.61. The van der Waals surface area contributed by atoms with Crippen molar-refractivity contribution in [2.24, 2.45) is 5.92 Å². The largest absolute Gasteiger partial charge is 0.0732 e. The van der Waals surface area contributed by atoms with Gasteiger partial charge in [-0.25, -0.2) is 0 Å². The molecule has 0 heteroatoms. The standard InChI is InChI=1S/C10H10.2C2H6/c1-8-5-6-9-3-2-4-10(9)7-8;2*1-2/h2-7,10H,1H3;2*1-2H3. The van der Waals surface area contributed by atoms with E-state index in [0.717, 1.165) is 0 Å². The van der Waals surface area contributed by atoms with Gasteiger partial charge in [-0.05, 0) is 12.5 Å². The van der Waals surface area contributed by atoms with Crippen molar-refractivity contribution in [2.45, 2.75) is 34.6 Å². The first kappa shape index (κ1) is 13.0. The molecule has 78 valence electrons. The molecule has 1 unspecified atom stereocenters. The molecule has 0 nitrogen and oxygen atoms in total. The first-order chi connectivity index (χ1) is 6.86. The normalized spacial score (nSPS) is 20.8. The van der Waals surface area contributed by atoms with Crippen molar-refractivity contribution in [2.75, 3.05) is 0 Å². The minimum absolute atomic E-state index is 0.574. The molecule has 0 spiro atoms. The van der Waals surface area contributed by atoms with Crippen LogP contribution < -0.4 is 0 Å². The Balaban J connectivity index is 0.000000379. The van der Waals surface area contributed by atoms with Gasteiger partial charge in [0.15, 0.2) is 0 Å². The van der Waals surface area contributed by atoms with Crippen LogP contribution in [0.15, 0.2) is 47.6 Å². The van der Waals surface area contributed by atoms with Crippen molar-refractivity contribution in [3.63, 3.8) is 0 Å². The summed E-state index contributed by atoms with van der Waals surface area (Å²) in [5, 5.41) is 0. The molecule has 0 aliphatic heterocycles. The topological polar surface area (TPSA) is 0 Å². The summed E-state index contributed by atoms with van der Waals surface area (Å²) in [5.74, 6) is 0.574. The second kappa shape index (κ2) is 7.37. The Morgan fingerprint density at radius 3 is 2.29 bits per heavy atom. The molecule has 0 fully saturated rings. The summed E-state index contributed by atoms with van der Waals surface area (Å²) in [6.45, 7) is 10.1. The van der Waals surface area contributed by atoms with Gasteiger partial charge >= 0.3 is 0 Å². The predicted octanol–water partition coefficient (Wildman–Crippen LogP) is 4.67. The van der Waals surface area contributed by atoms with Gasteiger partial charge < -0.3 is 0 Å². The number of hydrogen-bond acceptors (Lipinski definition) is 0. The van der Waals surface area contributed by atoms with E-state index in [4.69, 9.17) is 0 Å². The highest BCUT2D eigenvalue weighted by molar-refractivity contribution is 5.45. The van der Waals surface area contributed by atoms with Gasteiger partial charge in [0.2, 0.25) is 0 Å². The van der Waals surface area contributed by atoms with Crippen molar-refractivity contribution < 1.29 is 0 Å². The van der Waals surface area contributed by atoms with E-state index in [-0.39, 0.29) is 0 Å². The van der Waals surface area contributed by atoms with Crippen molar-refractivity contribution in [1.29, 1.82) is 0 Å². The summed E-state index contributed by atoms with van der Waals surface area (Å²) in [6, 6.07) is 0. The highest BCUT2D eigenvalue weighted by Crippen LogP contribution is 2.26. The van der Waals surface area contributed by atoms with E-state index in [1.807, 2.05) is 27.7 Å². The molecule has 0 bridgehead atoms. The summed E-state index contributed by atoms with van der Waals surface area (Å²) in [6.07, 6.45) is 13.2. The van der Waals surface area contributed by atoms with Gasteiger partial charge in [0.25, 0.3) is 0 Å². The van der Waals surface area contributed by atoms with Crippen LogP contribution in [0.4, 0.5) is 0 Å². The quantitative estimate of drug-likeness (QED) is 0.521. The SMILES string of the molecule is CC.CC.CC1=CC2C=CC=C2C=C1. The third-order valence-corrected chi connectivity index (χ3v) is 1.97. The molecule has 0 saturated carbocycles. The molecule has 0 aromatic heterocycles. The van der Waals surface area contributed by atoms with E-state index in [0.29, 0.717) is 5.92 Å². The van der Waals surface area contributed by atoms with E-state index in [2.05, 4.69) is 43.4 Å². The van der Waals surface area contributed by atoms with Crippen LogP contribution in [0.2, 0.25) is 0 Å². The molecule has 0 amide bonds. The van der Waals surface area contributed by atoms with Gasteiger partial charge in [-0.2, -0.15) is 0 Å². The van der Waals surface area contributed by atoms with Crippen molar-refractivity contribution >= 4 is 0 Å². The van der Waals surface area contributed by atoms with Crippen LogP contribution >= 0.6 is 0 Å². The third-order valence-electron chi connectivity index (χ3n) is 1.97. The highest BCUT2D eigenvalue weighted by Gasteiger charge is 2.11. The summed E-state index contributed by atoms with van der Waals surface area (Å²) >= 11 is 0. The number of hydrogen-bond donors (Lipinski definition) is 0. The zero-order valence-corrected chi connectivity index (χ0v) is 10.0. The fourth-order valence-corrected chi connectivity index (χ4v) is 1.39. The Bertz CT molecular complexity index is 262. The van der Waals surface area contributed by atoms with Gasteiger partial charge in [-0.15, -0.1) is 0 Å². The highest BCUT2D eigenvalue weighted by atomic mass is 14.2. The molecular weight excluding hydrogens is 168 g/mol. The lowest BCUT2D eigenvalue weighted by molar-refractivity contribution is 1.00. The van der Waals surface area contributed by atoms with E-state index in [9.17, 15) is 0 Å². The molecular formula is C14H22. The molecule has 0 N–H and O–H groups in total. The molecule has 0 aromatic rings. The van der Waals surface area contributed by atoms with Crippen LogP contribution in [0.25, 0.3) is 0 Å². The summed E-state index contributed by atoms with van der Waals surface area (Å²) in [5.41, 5.74) is 2.79. The zero-order valence-electron chi connectivity index (χ0n) is 10.0. The number of fused-ring (bicyclic) bond motifs is 1. The van der Waals surface area contributed by atoms with Gasteiger partial charge in [0.05, 0.1) is 0 Å². The van der Waals surface area contributed by atoms with E-state index in [1.165, 1.54) is 11.1 Å². The Kier molecular flexibility index (Phi) is 6.82. The van der Waals surface area contributed by atoms with Crippen LogP contribution in [0.1, 0.15) is 34.6 Å². The van der Waals surface area contributed by atoms with Crippen molar-refractivity contribution in [1.82, 2.24) is 0 Å². The molecule has 2 rings (SSSR count). The summed E-state index contributed by atoms with van der Waals surface area (Å²) < 4.78 is 0. The average molecular weight is 190 g/mol. The van der Waals surface area contributed by atoms with E-state index in [1.54, 1.807) is 0 Å². The maximum absolute atomic E-state index is 2.29. The van der Waals surface area contributed by atoms with Crippen LogP contribution in [0, 0.1) is 5.92 Å². The van der Waals surface area contributed by atoms with Crippen molar-refractivity contribution in [3.05, 3.63) is 47.6 Å². The Labute approximate surface area is 88.7 Å². The molecule has 2 aliphatic carbocycles. The zero-order chi connectivity index (χ0) is 11.0. The lowest BCUT2D eigenvalue weighted by Gasteiger charge is -2.10. The van der Waals surface area contributed by atoms with Gasteiger partial charge in [0, 0.05) is 5.92 Å². The fourth-order valence-electron chi connectivity index (χ4n) is 1.39. The maximum Gasteiger partial charge on any atom is 0.0207 e. The summed E-state index contributed by atoms with van der Waals surface area (Å²) in [7, 11) is 0. The Morgan fingerprint density at radius 1 is 1.00 bits per heavy atom. The monoisotopic (exact) mass is 190 g/mol. The van der Waals surface area contributed by atoms with Crippen molar-refractivity contribution in [3.8, 4) is 0 Å². The first-order valence-electron chi connectivity index (χ1n) is 5.61. The average Bonchev–Trinajstić information content (AvgIpc) is 2.71. The summed E-state index contributed by atoms with van der Waals surface area (Å²) in [4.78, 5) is 0. The second-order valence-corrected chi connectivity index (χ2v) is 2.82. The number of rotatable bonds is 0. The Hall–Kier alpha value is -1.04. The van der Waals surface area contributed by atoms with Gasteiger partial charge in [0.1, 0.15) is 0 Å². The third kappa shape index (κ3) is 3.37. The predicted molar refractivity (Wildman–Crippen MR) is 66.3 cm³/mol. The second-order valence-electron chi connectivity index (χ2n) is 2.82. The molecule has 1 atom stereocenters. The molecule has 0 radical (unpaired) electrons. The molecule has 2 aliphatic rings.